The number of pyridine rings is 1. The number of rotatable bonds is 6. The Morgan fingerprint density at radius 2 is 1.58 bits per heavy atom. The summed E-state index contributed by atoms with van der Waals surface area (Å²) < 4.78 is 0. The van der Waals surface area contributed by atoms with E-state index in [1.807, 2.05) is 13.8 Å². The van der Waals surface area contributed by atoms with E-state index in [4.69, 9.17) is 0 Å². The fraction of sp³-hybridized carbons (Fsp3) is 0.263. The van der Waals surface area contributed by atoms with Crippen LogP contribution in [0.3, 0.4) is 0 Å². The Bertz CT molecular complexity index is 816. The highest BCUT2D eigenvalue weighted by Gasteiger charge is 2.15. The number of aromatic nitrogens is 1. The van der Waals surface area contributed by atoms with Crippen LogP contribution in [0, 0.1) is 0 Å². The fourth-order valence-electron chi connectivity index (χ4n) is 2.46. The normalized spacial score (nSPS) is 10.1. The maximum Gasteiger partial charge on any atom is 0.257 e. The Morgan fingerprint density at radius 3 is 2.19 bits per heavy atom. The molecule has 0 spiro atoms. The highest BCUT2D eigenvalue weighted by atomic mass is 16.2. The Hall–Kier alpha value is -3.22. The van der Waals surface area contributed by atoms with Crippen LogP contribution in [-0.2, 0) is 4.79 Å². The molecule has 0 saturated heterocycles. The first-order valence-electron chi connectivity index (χ1n) is 8.38. The summed E-state index contributed by atoms with van der Waals surface area (Å²) in [5, 5.41) is 5.39. The summed E-state index contributed by atoms with van der Waals surface area (Å²) in [5.74, 6) is -0.739. The van der Waals surface area contributed by atoms with Crippen LogP contribution < -0.4 is 10.6 Å². The zero-order chi connectivity index (χ0) is 19.1. The summed E-state index contributed by atoms with van der Waals surface area (Å²) in [7, 11) is 0. The van der Waals surface area contributed by atoms with E-state index in [1.54, 1.807) is 29.2 Å². The molecule has 2 rings (SSSR count). The molecule has 0 radical (unpaired) electrons. The second-order valence-electron chi connectivity index (χ2n) is 5.66. The second kappa shape index (κ2) is 8.75. The summed E-state index contributed by atoms with van der Waals surface area (Å²) in [5.41, 5.74) is 1.77. The minimum Gasteiger partial charge on any atom is -0.339 e. The van der Waals surface area contributed by atoms with E-state index < -0.39 is 0 Å². The van der Waals surface area contributed by atoms with E-state index >= 15 is 0 Å². The van der Waals surface area contributed by atoms with Gasteiger partial charge in [0.15, 0.2) is 0 Å². The van der Waals surface area contributed by atoms with Gasteiger partial charge in [-0.1, -0.05) is 6.07 Å². The van der Waals surface area contributed by atoms with Gasteiger partial charge in [-0.15, -0.1) is 0 Å². The van der Waals surface area contributed by atoms with Crippen molar-refractivity contribution < 1.29 is 14.4 Å². The van der Waals surface area contributed by atoms with Gasteiger partial charge in [0, 0.05) is 43.8 Å². The van der Waals surface area contributed by atoms with Crippen molar-refractivity contribution in [1.82, 2.24) is 9.88 Å². The number of nitrogens with zero attached hydrogens (tertiary/aromatic N) is 2. The van der Waals surface area contributed by atoms with Gasteiger partial charge in [-0.3, -0.25) is 19.4 Å². The zero-order valence-corrected chi connectivity index (χ0v) is 15.1. The minimum atomic E-state index is -0.383. The van der Waals surface area contributed by atoms with Crippen molar-refractivity contribution in [1.29, 1.82) is 0 Å². The Labute approximate surface area is 152 Å². The molecule has 0 bridgehead atoms. The monoisotopic (exact) mass is 354 g/mol. The Morgan fingerprint density at radius 1 is 0.962 bits per heavy atom. The van der Waals surface area contributed by atoms with E-state index in [0.717, 1.165) is 0 Å². The highest BCUT2D eigenvalue weighted by Crippen LogP contribution is 2.16. The molecule has 2 N–H and O–H groups in total. The number of amides is 3. The van der Waals surface area contributed by atoms with Gasteiger partial charge >= 0.3 is 0 Å². The number of hydrogen-bond acceptors (Lipinski definition) is 4. The lowest BCUT2D eigenvalue weighted by atomic mass is 10.1. The first kappa shape index (κ1) is 19.1. The van der Waals surface area contributed by atoms with Crippen molar-refractivity contribution in [3.05, 3.63) is 53.9 Å². The number of hydrogen-bond donors (Lipinski definition) is 2. The molecule has 0 fully saturated rings. The quantitative estimate of drug-likeness (QED) is 0.834. The molecule has 1 aromatic heterocycles. The molecule has 0 aliphatic carbocycles. The lowest BCUT2D eigenvalue weighted by molar-refractivity contribution is -0.114. The molecular formula is C19H22N4O3. The van der Waals surface area contributed by atoms with Crippen LogP contribution in [0.2, 0.25) is 0 Å². The summed E-state index contributed by atoms with van der Waals surface area (Å²) in [4.78, 5) is 41.7. The zero-order valence-electron chi connectivity index (χ0n) is 15.1. The molecule has 26 heavy (non-hydrogen) atoms. The van der Waals surface area contributed by atoms with Crippen LogP contribution in [0.15, 0.2) is 42.7 Å². The summed E-state index contributed by atoms with van der Waals surface area (Å²) in [6, 6.07) is 8.33. The van der Waals surface area contributed by atoms with E-state index in [1.165, 1.54) is 25.4 Å². The smallest absolute Gasteiger partial charge is 0.257 e. The SMILES string of the molecule is CCN(CC)C(=O)c1cncc(C(=O)Nc2cccc(NC(C)=O)c2)c1. The van der Waals surface area contributed by atoms with Gasteiger partial charge in [-0.2, -0.15) is 0 Å². The van der Waals surface area contributed by atoms with Gasteiger partial charge < -0.3 is 15.5 Å². The number of anilines is 2. The molecule has 0 saturated carbocycles. The van der Waals surface area contributed by atoms with E-state index in [-0.39, 0.29) is 23.3 Å². The van der Waals surface area contributed by atoms with Gasteiger partial charge in [0.1, 0.15) is 0 Å². The maximum absolute atomic E-state index is 12.5. The van der Waals surface area contributed by atoms with Crippen LogP contribution in [0.1, 0.15) is 41.5 Å². The summed E-state index contributed by atoms with van der Waals surface area (Å²) >= 11 is 0. The molecule has 0 aliphatic rings. The van der Waals surface area contributed by atoms with Crippen molar-refractivity contribution >= 4 is 29.1 Å². The Balaban J connectivity index is 2.16. The lowest BCUT2D eigenvalue weighted by Crippen LogP contribution is -2.30. The molecule has 0 atom stereocenters. The minimum absolute atomic E-state index is 0.162. The molecule has 1 heterocycles. The van der Waals surface area contributed by atoms with Crippen LogP contribution in [0.4, 0.5) is 11.4 Å². The molecular weight excluding hydrogens is 332 g/mol. The van der Waals surface area contributed by atoms with Crippen molar-refractivity contribution in [2.24, 2.45) is 0 Å². The number of nitrogens with one attached hydrogen (secondary N) is 2. The predicted molar refractivity (Wildman–Crippen MR) is 100 cm³/mol. The Kier molecular flexibility index (Phi) is 6.43. The average Bonchev–Trinajstić information content (AvgIpc) is 2.62. The first-order chi connectivity index (χ1) is 12.4. The van der Waals surface area contributed by atoms with E-state index in [0.29, 0.717) is 30.0 Å². The van der Waals surface area contributed by atoms with Gasteiger partial charge in [-0.05, 0) is 38.1 Å². The molecule has 7 nitrogen and oxygen atoms in total. The van der Waals surface area contributed by atoms with Gasteiger partial charge in [-0.25, -0.2) is 0 Å². The van der Waals surface area contributed by atoms with E-state index in [2.05, 4.69) is 15.6 Å². The molecule has 0 aliphatic heterocycles. The maximum atomic E-state index is 12.5. The van der Waals surface area contributed by atoms with Crippen molar-refractivity contribution in [2.75, 3.05) is 23.7 Å². The number of carbonyl (C=O) groups excluding carboxylic acids is 3. The van der Waals surface area contributed by atoms with Crippen molar-refractivity contribution in [3.8, 4) is 0 Å². The topological polar surface area (TPSA) is 91.4 Å². The van der Waals surface area contributed by atoms with Gasteiger partial charge in [0.2, 0.25) is 5.91 Å². The largest absolute Gasteiger partial charge is 0.339 e. The van der Waals surface area contributed by atoms with Crippen LogP contribution in [0.5, 0.6) is 0 Å². The van der Waals surface area contributed by atoms with Crippen LogP contribution >= 0.6 is 0 Å². The third kappa shape index (κ3) is 4.89. The number of carbonyl (C=O) groups is 3. The molecule has 3 amide bonds. The molecule has 136 valence electrons. The first-order valence-corrected chi connectivity index (χ1v) is 8.38. The van der Waals surface area contributed by atoms with Crippen LogP contribution in [0.25, 0.3) is 0 Å². The van der Waals surface area contributed by atoms with Gasteiger partial charge in [0.05, 0.1) is 11.1 Å². The lowest BCUT2D eigenvalue weighted by Gasteiger charge is -2.18. The van der Waals surface area contributed by atoms with Gasteiger partial charge in [0.25, 0.3) is 11.8 Å². The average molecular weight is 354 g/mol. The number of benzene rings is 1. The standard InChI is InChI=1S/C19H22N4O3/c1-4-23(5-2)19(26)15-9-14(11-20-12-15)18(25)22-17-8-6-7-16(10-17)21-13(3)24/h6-12H,4-5H2,1-3H3,(H,21,24)(H,22,25). The second-order valence-corrected chi connectivity index (χ2v) is 5.66. The molecule has 7 heteroatoms. The third-order valence-electron chi connectivity index (χ3n) is 3.74. The van der Waals surface area contributed by atoms with Crippen LogP contribution in [-0.4, -0.2) is 40.7 Å². The van der Waals surface area contributed by atoms with E-state index in [9.17, 15) is 14.4 Å². The third-order valence-corrected chi connectivity index (χ3v) is 3.74. The molecule has 0 unspecified atom stereocenters. The molecule has 2 aromatic rings. The van der Waals surface area contributed by atoms with Crippen molar-refractivity contribution in [2.45, 2.75) is 20.8 Å². The molecule has 1 aromatic carbocycles. The van der Waals surface area contributed by atoms with Crippen molar-refractivity contribution in [3.63, 3.8) is 0 Å². The highest BCUT2D eigenvalue weighted by molar-refractivity contribution is 6.06. The summed E-state index contributed by atoms with van der Waals surface area (Å²) in [6.07, 6.45) is 2.86. The summed E-state index contributed by atoms with van der Waals surface area (Å²) in [6.45, 7) is 6.37. The fourth-order valence-corrected chi connectivity index (χ4v) is 2.46. The predicted octanol–water partition coefficient (Wildman–Crippen LogP) is 2.77.